The molecule has 3 N–H and O–H groups in total. The number of amides is 3. The lowest BCUT2D eigenvalue weighted by Gasteiger charge is -2.44. The molecule has 43 heavy (non-hydrogen) atoms. The highest BCUT2D eigenvalue weighted by Crippen LogP contribution is 2.39. The van der Waals surface area contributed by atoms with E-state index >= 15 is 0 Å². The highest BCUT2D eigenvalue weighted by atomic mass is 16.2. The van der Waals surface area contributed by atoms with Gasteiger partial charge in [0, 0.05) is 55.1 Å². The summed E-state index contributed by atoms with van der Waals surface area (Å²) in [5, 5.41) is 8.95. The summed E-state index contributed by atoms with van der Waals surface area (Å²) in [5.41, 5.74) is 7.06. The lowest BCUT2D eigenvalue weighted by molar-refractivity contribution is 0.0951. The highest BCUT2D eigenvalue weighted by molar-refractivity contribution is 6.04. The van der Waals surface area contributed by atoms with Gasteiger partial charge in [-0.15, -0.1) is 0 Å². The van der Waals surface area contributed by atoms with E-state index in [1.165, 1.54) is 11.1 Å². The van der Waals surface area contributed by atoms with Crippen molar-refractivity contribution < 1.29 is 9.59 Å². The number of nitrogens with one attached hydrogen (secondary N) is 3. The molecule has 0 aliphatic carbocycles. The molecule has 8 heteroatoms. The van der Waals surface area contributed by atoms with E-state index < -0.39 is 0 Å². The van der Waals surface area contributed by atoms with Crippen molar-refractivity contribution >= 4 is 29.0 Å². The lowest BCUT2D eigenvalue weighted by Crippen LogP contribution is -2.47. The Kier molecular flexibility index (Phi) is 8.01. The Morgan fingerprint density at radius 2 is 1.63 bits per heavy atom. The van der Waals surface area contributed by atoms with Crippen LogP contribution in [0.2, 0.25) is 0 Å². The maximum Gasteiger partial charge on any atom is 0.323 e. The number of pyridine rings is 1. The van der Waals surface area contributed by atoms with Gasteiger partial charge in [0.25, 0.3) is 11.5 Å². The Balaban J connectivity index is 1.25. The summed E-state index contributed by atoms with van der Waals surface area (Å²) in [6.07, 6.45) is 1.95. The standard InChI is InChI=1S/C35H37N5O3/c1-3-24-11-14-29(15-12-24)37-35(43)38-30-18-27(34(42)36-19-25-9-7-23(2)8-10-25)13-16-32(30)39-20-26-17-28(22-39)31-5-4-6-33(41)40(31)21-26/h4-16,18,26,28H,3,17,19-22H2,1-2H3,(H,36,42)(H2,37,38,43)/t26-,28+/m1/s1. The van der Waals surface area contributed by atoms with Crippen LogP contribution in [-0.2, 0) is 19.5 Å². The lowest BCUT2D eigenvalue weighted by atomic mass is 9.83. The van der Waals surface area contributed by atoms with E-state index in [2.05, 4.69) is 27.8 Å². The van der Waals surface area contributed by atoms with E-state index in [9.17, 15) is 14.4 Å². The van der Waals surface area contributed by atoms with Crippen molar-refractivity contribution in [1.29, 1.82) is 0 Å². The number of aryl methyl sites for hydroxylation is 2. The summed E-state index contributed by atoms with van der Waals surface area (Å²) >= 11 is 0. The fourth-order valence-corrected chi connectivity index (χ4v) is 6.25. The number of nitrogens with zero attached hydrogens (tertiary/aromatic N) is 2. The van der Waals surface area contributed by atoms with Crippen LogP contribution in [0.5, 0.6) is 0 Å². The molecule has 0 radical (unpaired) electrons. The number of aromatic nitrogens is 1. The first-order valence-electron chi connectivity index (χ1n) is 15.0. The molecule has 0 saturated carbocycles. The van der Waals surface area contributed by atoms with Crippen LogP contribution >= 0.6 is 0 Å². The van der Waals surface area contributed by atoms with Gasteiger partial charge in [-0.05, 0) is 73.2 Å². The summed E-state index contributed by atoms with van der Waals surface area (Å²) in [4.78, 5) is 41.2. The van der Waals surface area contributed by atoms with Crippen molar-refractivity contribution in [2.24, 2.45) is 5.92 Å². The molecule has 220 valence electrons. The van der Waals surface area contributed by atoms with Crippen LogP contribution in [0, 0.1) is 12.8 Å². The van der Waals surface area contributed by atoms with Crippen molar-refractivity contribution in [3.05, 3.63) is 123 Å². The normalized spacial score (nSPS) is 17.1. The van der Waals surface area contributed by atoms with Crippen LogP contribution in [0.4, 0.5) is 21.9 Å². The number of hydrogen-bond donors (Lipinski definition) is 3. The summed E-state index contributed by atoms with van der Waals surface area (Å²) in [5.74, 6) is 0.301. The van der Waals surface area contributed by atoms with Crippen LogP contribution in [0.1, 0.15) is 52.0 Å². The van der Waals surface area contributed by atoms with Crippen LogP contribution in [-0.4, -0.2) is 29.6 Å². The van der Waals surface area contributed by atoms with Gasteiger partial charge in [-0.2, -0.15) is 0 Å². The minimum absolute atomic E-state index is 0.0487. The number of rotatable bonds is 7. The molecular formula is C35H37N5O3. The SMILES string of the molecule is CCc1ccc(NC(=O)Nc2cc(C(=O)NCc3ccc(C)cc3)ccc2N2C[C@H]3C[C@@H](C2)c2cccc(=O)n2C3)cc1. The van der Waals surface area contributed by atoms with Crippen molar-refractivity contribution in [3.8, 4) is 0 Å². The van der Waals surface area contributed by atoms with Crippen LogP contribution < -0.4 is 26.4 Å². The molecule has 1 saturated heterocycles. The second kappa shape index (κ2) is 12.2. The predicted molar refractivity (Wildman–Crippen MR) is 171 cm³/mol. The first kappa shape index (κ1) is 28.3. The number of carbonyl (C=O) groups is 2. The zero-order chi connectivity index (χ0) is 29.9. The molecule has 1 aromatic heterocycles. The Labute approximate surface area is 251 Å². The largest absolute Gasteiger partial charge is 0.369 e. The zero-order valence-corrected chi connectivity index (χ0v) is 24.6. The highest BCUT2D eigenvalue weighted by Gasteiger charge is 2.35. The predicted octanol–water partition coefficient (Wildman–Crippen LogP) is 5.92. The third-order valence-corrected chi connectivity index (χ3v) is 8.52. The first-order chi connectivity index (χ1) is 20.9. The second-order valence-corrected chi connectivity index (χ2v) is 11.6. The van der Waals surface area contributed by atoms with E-state index in [0.717, 1.165) is 36.3 Å². The Bertz CT molecular complexity index is 1690. The number of urea groups is 1. The van der Waals surface area contributed by atoms with Crippen molar-refractivity contribution in [2.45, 2.75) is 45.7 Å². The number of hydrogen-bond acceptors (Lipinski definition) is 4. The van der Waals surface area contributed by atoms with Gasteiger partial charge < -0.3 is 25.4 Å². The van der Waals surface area contributed by atoms with E-state index in [1.807, 2.05) is 84.3 Å². The Morgan fingerprint density at radius 3 is 2.40 bits per heavy atom. The van der Waals surface area contributed by atoms with E-state index in [-0.39, 0.29) is 23.4 Å². The molecule has 2 aliphatic rings. The summed E-state index contributed by atoms with van der Waals surface area (Å²) in [7, 11) is 0. The van der Waals surface area contributed by atoms with E-state index in [1.54, 1.807) is 12.1 Å². The van der Waals surface area contributed by atoms with Crippen molar-refractivity contribution in [2.75, 3.05) is 28.6 Å². The number of anilines is 3. The molecule has 3 heterocycles. The molecule has 0 unspecified atom stereocenters. The van der Waals surface area contributed by atoms with Crippen molar-refractivity contribution in [3.63, 3.8) is 0 Å². The minimum Gasteiger partial charge on any atom is -0.369 e. The third-order valence-electron chi connectivity index (χ3n) is 8.52. The van der Waals surface area contributed by atoms with Gasteiger partial charge >= 0.3 is 6.03 Å². The smallest absolute Gasteiger partial charge is 0.323 e. The fraction of sp³-hybridized carbons (Fsp3) is 0.286. The number of benzene rings is 3. The van der Waals surface area contributed by atoms with Gasteiger partial charge in [0.15, 0.2) is 0 Å². The Morgan fingerprint density at radius 1 is 0.860 bits per heavy atom. The molecule has 4 aromatic rings. The monoisotopic (exact) mass is 575 g/mol. The molecule has 2 atom stereocenters. The topological polar surface area (TPSA) is 95.5 Å². The Hall–Kier alpha value is -4.85. The summed E-state index contributed by atoms with van der Waals surface area (Å²) in [6.45, 7) is 6.68. The molecular weight excluding hydrogens is 538 g/mol. The molecule has 3 aromatic carbocycles. The van der Waals surface area contributed by atoms with Gasteiger partial charge in [0.2, 0.25) is 0 Å². The number of carbonyl (C=O) groups excluding carboxylic acids is 2. The van der Waals surface area contributed by atoms with Gasteiger partial charge in [0.1, 0.15) is 0 Å². The zero-order valence-electron chi connectivity index (χ0n) is 24.6. The molecule has 2 aliphatic heterocycles. The minimum atomic E-state index is -0.378. The average Bonchev–Trinajstić information content (AvgIpc) is 3.01. The van der Waals surface area contributed by atoms with Crippen molar-refractivity contribution in [1.82, 2.24) is 9.88 Å². The molecule has 1 fully saturated rings. The molecule has 6 rings (SSSR count). The molecule has 2 bridgehead atoms. The number of fused-ring (bicyclic) bond motifs is 4. The summed E-state index contributed by atoms with van der Waals surface area (Å²) < 4.78 is 1.91. The van der Waals surface area contributed by atoms with Gasteiger partial charge in [-0.3, -0.25) is 9.59 Å². The van der Waals surface area contributed by atoms with Gasteiger partial charge in [-0.25, -0.2) is 4.79 Å². The molecule has 3 amide bonds. The number of piperidine rings is 1. The van der Waals surface area contributed by atoms with Crippen LogP contribution in [0.25, 0.3) is 0 Å². The summed E-state index contributed by atoms with van der Waals surface area (Å²) in [6, 6.07) is 26.4. The third kappa shape index (κ3) is 6.33. The van der Waals surface area contributed by atoms with E-state index in [0.29, 0.717) is 42.5 Å². The molecule has 8 nitrogen and oxygen atoms in total. The fourth-order valence-electron chi connectivity index (χ4n) is 6.25. The van der Waals surface area contributed by atoms with Crippen LogP contribution in [0.3, 0.4) is 0 Å². The molecule has 0 spiro atoms. The maximum absolute atomic E-state index is 13.2. The first-order valence-corrected chi connectivity index (χ1v) is 15.0. The van der Waals surface area contributed by atoms with E-state index in [4.69, 9.17) is 0 Å². The maximum atomic E-state index is 13.2. The average molecular weight is 576 g/mol. The van der Waals surface area contributed by atoms with Gasteiger partial charge in [-0.1, -0.05) is 55.0 Å². The quantitative estimate of drug-likeness (QED) is 0.255. The van der Waals surface area contributed by atoms with Gasteiger partial charge in [0.05, 0.1) is 11.4 Å². The van der Waals surface area contributed by atoms with Crippen LogP contribution in [0.15, 0.2) is 89.7 Å². The second-order valence-electron chi connectivity index (χ2n) is 11.6.